The van der Waals surface area contributed by atoms with Gasteiger partial charge in [-0.25, -0.2) is 18.2 Å². The second kappa shape index (κ2) is 9.09. The van der Waals surface area contributed by atoms with Crippen molar-refractivity contribution in [3.63, 3.8) is 0 Å². The molecular formula is C21H15F3N4O2S. The fourth-order valence-corrected chi connectivity index (χ4v) is 3.53. The first-order valence-electron chi connectivity index (χ1n) is 9.27. The smallest absolute Gasteiger partial charge is 0.226 e. The molecule has 31 heavy (non-hydrogen) atoms. The fraction of sp³-hybridized carbons (Fsp3) is 0.143. The van der Waals surface area contributed by atoms with Crippen LogP contribution in [0.4, 0.5) is 18.3 Å². The molecule has 0 aliphatic rings. The Balaban J connectivity index is 1.29. The largest absolute Gasteiger partial charge is 0.339 e. The minimum absolute atomic E-state index is 0.0325. The van der Waals surface area contributed by atoms with Gasteiger partial charge in [0.25, 0.3) is 0 Å². The van der Waals surface area contributed by atoms with Crippen LogP contribution in [0.5, 0.6) is 0 Å². The number of nitrogens with zero attached hydrogens (tertiary/aromatic N) is 3. The molecule has 2 aromatic heterocycles. The molecule has 158 valence electrons. The molecule has 0 fully saturated rings. The van der Waals surface area contributed by atoms with E-state index in [1.807, 2.05) is 0 Å². The zero-order chi connectivity index (χ0) is 21.8. The lowest BCUT2D eigenvalue weighted by Crippen LogP contribution is -2.11. The summed E-state index contributed by atoms with van der Waals surface area (Å²) in [5.74, 6) is -1.09. The minimum atomic E-state index is -0.593. The fourth-order valence-electron chi connectivity index (χ4n) is 2.80. The average molecular weight is 444 g/mol. The van der Waals surface area contributed by atoms with Crippen molar-refractivity contribution in [3.8, 4) is 22.6 Å². The number of thiazole rings is 1. The molecule has 2 aromatic carbocycles. The molecule has 0 radical (unpaired) electrons. The van der Waals surface area contributed by atoms with Gasteiger partial charge in [0, 0.05) is 29.3 Å². The third-order valence-electron chi connectivity index (χ3n) is 4.32. The molecule has 0 unspecified atom stereocenters. The van der Waals surface area contributed by atoms with Gasteiger partial charge in [-0.05, 0) is 48.9 Å². The van der Waals surface area contributed by atoms with Gasteiger partial charge < -0.3 is 9.84 Å². The molecule has 0 atom stereocenters. The van der Waals surface area contributed by atoms with Gasteiger partial charge in [-0.1, -0.05) is 5.16 Å². The van der Waals surface area contributed by atoms with E-state index in [0.717, 1.165) is 29.5 Å². The first-order chi connectivity index (χ1) is 15.0. The highest BCUT2D eigenvalue weighted by atomic mass is 32.1. The van der Waals surface area contributed by atoms with Gasteiger partial charge in [0.05, 0.1) is 5.69 Å². The Morgan fingerprint density at radius 1 is 1.03 bits per heavy atom. The molecule has 1 N–H and O–H groups in total. The second-order valence-corrected chi connectivity index (χ2v) is 7.44. The highest BCUT2D eigenvalue weighted by molar-refractivity contribution is 7.14. The predicted octanol–water partition coefficient (Wildman–Crippen LogP) is 5.24. The van der Waals surface area contributed by atoms with E-state index in [1.165, 1.54) is 12.1 Å². The third-order valence-corrected chi connectivity index (χ3v) is 5.08. The molecule has 0 aliphatic carbocycles. The summed E-state index contributed by atoms with van der Waals surface area (Å²) in [4.78, 5) is 20.5. The van der Waals surface area contributed by atoms with E-state index in [2.05, 4.69) is 20.4 Å². The molecule has 0 aliphatic heterocycles. The van der Waals surface area contributed by atoms with Gasteiger partial charge >= 0.3 is 0 Å². The summed E-state index contributed by atoms with van der Waals surface area (Å²) in [6.07, 6.45) is 1.02. The standard InChI is InChI=1S/C21H15F3N4O2S/c22-13-6-4-12(5-7-13)20-27-19(30-28-20)3-1-2-18(29)26-21-25-17(11-31-21)15-10-14(23)8-9-16(15)24/h4-11H,1-3H2,(H,25,26,29). The number of hydrogen-bond acceptors (Lipinski definition) is 6. The van der Waals surface area contributed by atoms with Crippen molar-refractivity contribution >= 4 is 22.4 Å². The maximum atomic E-state index is 13.9. The molecule has 6 nitrogen and oxygen atoms in total. The van der Waals surface area contributed by atoms with Gasteiger partial charge in [0.2, 0.25) is 17.6 Å². The molecular weight excluding hydrogens is 429 g/mol. The van der Waals surface area contributed by atoms with E-state index >= 15 is 0 Å². The lowest BCUT2D eigenvalue weighted by atomic mass is 10.1. The zero-order valence-electron chi connectivity index (χ0n) is 15.9. The third kappa shape index (κ3) is 5.15. The van der Waals surface area contributed by atoms with E-state index in [1.54, 1.807) is 17.5 Å². The van der Waals surface area contributed by atoms with E-state index in [4.69, 9.17) is 4.52 Å². The summed E-state index contributed by atoms with van der Waals surface area (Å²) in [6, 6.07) is 8.83. The van der Waals surface area contributed by atoms with Gasteiger partial charge in [0.15, 0.2) is 5.13 Å². The quantitative estimate of drug-likeness (QED) is 0.422. The minimum Gasteiger partial charge on any atom is -0.339 e. The number of rotatable bonds is 7. The first-order valence-corrected chi connectivity index (χ1v) is 10.2. The van der Waals surface area contributed by atoms with Crippen molar-refractivity contribution in [2.75, 3.05) is 5.32 Å². The average Bonchev–Trinajstić information content (AvgIpc) is 3.40. The molecule has 4 rings (SSSR count). The summed E-state index contributed by atoms with van der Waals surface area (Å²) >= 11 is 1.12. The van der Waals surface area contributed by atoms with Crippen LogP contribution in [0.2, 0.25) is 0 Å². The number of halogens is 3. The van der Waals surface area contributed by atoms with Crippen LogP contribution in [-0.4, -0.2) is 21.0 Å². The predicted molar refractivity (Wildman–Crippen MR) is 109 cm³/mol. The number of nitrogens with one attached hydrogen (secondary N) is 1. The SMILES string of the molecule is O=C(CCCc1nc(-c2ccc(F)cc2)no1)Nc1nc(-c2cc(F)ccc2F)cs1. The summed E-state index contributed by atoms with van der Waals surface area (Å²) in [5.41, 5.74) is 0.907. The Kier molecular flexibility index (Phi) is 6.08. The lowest BCUT2D eigenvalue weighted by molar-refractivity contribution is -0.116. The summed E-state index contributed by atoms with van der Waals surface area (Å²) < 4.78 is 45.4. The summed E-state index contributed by atoms with van der Waals surface area (Å²) in [6.45, 7) is 0. The summed E-state index contributed by atoms with van der Waals surface area (Å²) in [5, 5.41) is 8.33. The van der Waals surface area contributed by atoms with Crippen LogP contribution < -0.4 is 5.32 Å². The number of amides is 1. The van der Waals surface area contributed by atoms with E-state index in [-0.39, 0.29) is 29.4 Å². The summed E-state index contributed by atoms with van der Waals surface area (Å²) in [7, 11) is 0. The maximum Gasteiger partial charge on any atom is 0.226 e. The molecule has 0 saturated carbocycles. The molecule has 2 heterocycles. The number of carbonyl (C=O) groups excluding carboxylic acids is 1. The highest BCUT2D eigenvalue weighted by Crippen LogP contribution is 2.27. The van der Waals surface area contributed by atoms with Crippen molar-refractivity contribution in [2.24, 2.45) is 0 Å². The van der Waals surface area contributed by atoms with Crippen molar-refractivity contribution < 1.29 is 22.5 Å². The number of aryl methyl sites for hydroxylation is 1. The molecule has 0 saturated heterocycles. The van der Waals surface area contributed by atoms with Crippen LogP contribution in [-0.2, 0) is 11.2 Å². The molecule has 1 amide bonds. The highest BCUT2D eigenvalue weighted by Gasteiger charge is 2.13. The number of aromatic nitrogens is 3. The van der Waals surface area contributed by atoms with Crippen LogP contribution in [0.1, 0.15) is 18.7 Å². The Labute approximate surface area is 178 Å². The van der Waals surface area contributed by atoms with Crippen molar-refractivity contribution in [1.82, 2.24) is 15.1 Å². The van der Waals surface area contributed by atoms with E-state index in [0.29, 0.717) is 35.3 Å². The normalized spacial score (nSPS) is 10.9. The number of benzene rings is 2. The van der Waals surface area contributed by atoms with Crippen LogP contribution >= 0.6 is 11.3 Å². The van der Waals surface area contributed by atoms with Gasteiger partial charge in [-0.2, -0.15) is 4.98 Å². The monoisotopic (exact) mass is 444 g/mol. The molecule has 0 bridgehead atoms. The van der Waals surface area contributed by atoms with Crippen molar-refractivity contribution in [3.05, 3.63) is 71.2 Å². The van der Waals surface area contributed by atoms with Gasteiger partial charge in [-0.15, -0.1) is 11.3 Å². The lowest BCUT2D eigenvalue weighted by Gasteiger charge is -2.01. The number of anilines is 1. The topological polar surface area (TPSA) is 80.9 Å². The van der Waals surface area contributed by atoms with E-state index in [9.17, 15) is 18.0 Å². The number of hydrogen-bond donors (Lipinski definition) is 1. The Bertz CT molecular complexity index is 1210. The van der Waals surface area contributed by atoms with Crippen LogP contribution in [0.3, 0.4) is 0 Å². The van der Waals surface area contributed by atoms with Crippen LogP contribution in [0, 0.1) is 17.5 Å². The Morgan fingerprint density at radius 3 is 2.61 bits per heavy atom. The number of carbonyl (C=O) groups is 1. The Morgan fingerprint density at radius 2 is 1.81 bits per heavy atom. The molecule has 4 aromatic rings. The van der Waals surface area contributed by atoms with Crippen LogP contribution in [0.25, 0.3) is 22.6 Å². The van der Waals surface area contributed by atoms with Crippen LogP contribution in [0.15, 0.2) is 52.4 Å². The van der Waals surface area contributed by atoms with Gasteiger partial charge in [-0.3, -0.25) is 4.79 Å². The second-order valence-electron chi connectivity index (χ2n) is 6.58. The van der Waals surface area contributed by atoms with E-state index < -0.39 is 11.6 Å². The molecule has 10 heteroatoms. The van der Waals surface area contributed by atoms with Crippen molar-refractivity contribution in [1.29, 1.82) is 0 Å². The van der Waals surface area contributed by atoms with Gasteiger partial charge in [0.1, 0.15) is 17.5 Å². The molecule has 0 spiro atoms. The maximum absolute atomic E-state index is 13.9. The first kappa shape index (κ1) is 20.7. The van der Waals surface area contributed by atoms with Crippen molar-refractivity contribution in [2.45, 2.75) is 19.3 Å². The Hall–Kier alpha value is -3.53. The zero-order valence-corrected chi connectivity index (χ0v) is 16.8.